The minimum absolute atomic E-state index is 0.0815. The average molecular weight is 331 g/mol. The molecular formula is C15H11BrN2O2. The van der Waals surface area contributed by atoms with E-state index in [1.54, 1.807) is 36.6 Å². The molecule has 0 N–H and O–H groups in total. The summed E-state index contributed by atoms with van der Waals surface area (Å²) in [7, 11) is 0. The van der Waals surface area contributed by atoms with E-state index in [4.69, 9.17) is 0 Å². The fourth-order valence-electron chi connectivity index (χ4n) is 1.62. The summed E-state index contributed by atoms with van der Waals surface area (Å²) in [6.45, 7) is 0. The van der Waals surface area contributed by atoms with Crippen molar-refractivity contribution in [2.24, 2.45) is 4.99 Å². The standard InChI is InChI=1S/C15H11BrN2O2/c16-13-8-2-3-9-14(13)17-11-5-7-12-6-1-4-10-15(12)18(19)20/h1-11H/b7-5+,17-11?. The highest BCUT2D eigenvalue weighted by Gasteiger charge is 2.08. The molecule has 100 valence electrons. The summed E-state index contributed by atoms with van der Waals surface area (Å²) in [5, 5.41) is 10.9. The summed E-state index contributed by atoms with van der Waals surface area (Å²) in [5.41, 5.74) is 1.44. The van der Waals surface area contributed by atoms with Gasteiger partial charge in [-0.3, -0.25) is 15.1 Å². The van der Waals surface area contributed by atoms with Crippen LogP contribution in [0.2, 0.25) is 0 Å². The van der Waals surface area contributed by atoms with Crippen LogP contribution in [0.25, 0.3) is 6.08 Å². The number of nitro benzene ring substituents is 1. The van der Waals surface area contributed by atoms with Gasteiger partial charge in [-0.2, -0.15) is 0 Å². The summed E-state index contributed by atoms with van der Waals surface area (Å²) in [6.07, 6.45) is 4.96. The second-order valence-electron chi connectivity index (χ2n) is 3.90. The van der Waals surface area contributed by atoms with E-state index in [-0.39, 0.29) is 5.69 Å². The molecule has 0 spiro atoms. The monoisotopic (exact) mass is 330 g/mol. The lowest BCUT2D eigenvalue weighted by molar-refractivity contribution is -0.385. The number of benzene rings is 2. The first-order chi connectivity index (χ1) is 9.68. The Morgan fingerprint density at radius 1 is 1.10 bits per heavy atom. The van der Waals surface area contributed by atoms with Gasteiger partial charge < -0.3 is 0 Å². The van der Waals surface area contributed by atoms with Crippen LogP contribution in [0.5, 0.6) is 0 Å². The first kappa shape index (κ1) is 14.1. The molecule has 2 aromatic rings. The number of allylic oxidation sites excluding steroid dienone is 1. The van der Waals surface area contributed by atoms with Crippen LogP contribution in [0.1, 0.15) is 5.56 Å². The number of halogens is 1. The predicted octanol–water partition coefficient (Wildman–Crippen LogP) is 4.77. The number of para-hydroxylation sites is 2. The minimum Gasteiger partial charge on any atom is -0.258 e. The lowest BCUT2D eigenvalue weighted by Crippen LogP contribution is -1.90. The van der Waals surface area contributed by atoms with Gasteiger partial charge >= 0.3 is 0 Å². The van der Waals surface area contributed by atoms with E-state index >= 15 is 0 Å². The molecule has 20 heavy (non-hydrogen) atoms. The molecule has 0 atom stereocenters. The van der Waals surface area contributed by atoms with Gasteiger partial charge in [-0.05, 0) is 46.3 Å². The molecule has 5 heteroatoms. The zero-order valence-corrected chi connectivity index (χ0v) is 12.0. The third-order valence-corrected chi connectivity index (χ3v) is 3.23. The van der Waals surface area contributed by atoms with Crippen molar-refractivity contribution in [2.45, 2.75) is 0 Å². The molecule has 0 radical (unpaired) electrons. The largest absolute Gasteiger partial charge is 0.276 e. The smallest absolute Gasteiger partial charge is 0.258 e. The Kier molecular flexibility index (Phi) is 4.79. The van der Waals surface area contributed by atoms with Gasteiger partial charge in [0.05, 0.1) is 16.2 Å². The third kappa shape index (κ3) is 3.61. The zero-order chi connectivity index (χ0) is 14.4. The minimum atomic E-state index is -0.398. The summed E-state index contributed by atoms with van der Waals surface area (Å²) in [6, 6.07) is 14.2. The van der Waals surface area contributed by atoms with Gasteiger partial charge in [0.25, 0.3) is 5.69 Å². The highest BCUT2D eigenvalue weighted by molar-refractivity contribution is 9.10. The highest BCUT2D eigenvalue weighted by Crippen LogP contribution is 2.24. The second kappa shape index (κ2) is 6.77. The van der Waals surface area contributed by atoms with Crippen molar-refractivity contribution in [3.05, 3.63) is 74.8 Å². The fraction of sp³-hybridized carbons (Fsp3) is 0. The summed E-state index contributed by atoms with van der Waals surface area (Å²) in [5.74, 6) is 0. The van der Waals surface area contributed by atoms with E-state index < -0.39 is 4.92 Å². The van der Waals surface area contributed by atoms with E-state index in [1.165, 1.54) is 6.07 Å². The SMILES string of the molecule is O=[N+]([O-])c1ccccc1/C=C/C=Nc1ccccc1Br. The fourth-order valence-corrected chi connectivity index (χ4v) is 2.01. The number of aliphatic imine (C=N–C) groups is 1. The molecule has 0 aromatic heterocycles. The molecule has 0 aliphatic rings. The topological polar surface area (TPSA) is 55.5 Å². The molecule has 0 aliphatic carbocycles. The van der Waals surface area contributed by atoms with Crippen molar-refractivity contribution in [2.75, 3.05) is 0 Å². The summed E-state index contributed by atoms with van der Waals surface area (Å²) in [4.78, 5) is 14.7. The third-order valence-electron chi connectivity index (χ3n) is 2.56. The zero-order valence-electron chi connectivity index (χ0n) is 10.4. The van der Waals surface area contributed by atoms with Crippen LogP contribution in [-0.2, 0) is 0 Å². The maximum atomic E-state index is 10.9. The Morgan fingerprint density at radius 2 is 1.80 bits per heavy atom. The van der Waals surface area contributed by atoms with Crippen molar-refractivity contribution in [3.63, 3.8) is 0 Å². The molecular weight excluding hydrogens is 320 g/mol. The molecule has 0 amide bonds. The molecule has 2 aromatic carbocycles. The van der Waals surface area contributed by atoms with Gasteiger partial charge in [-0.15, -0.1) is 0 Å². The number of hydrogen-bond acceptors (Lipinski definition) is 3. The van der Waals surface area contributed by atoms with Crippen LogP contribution in [0, 0.1) is 10.1 Å². The normalized spacial score (nSPS) is 11.2. The Morgan fingerprint density at radius 3 is 2.55 bits per heavy atom. The van der Waals surface area contributed by atoms with Crippen LogP contribution < -0.4 is 0 Å². The van der Waals surface area contributed by atoms with Crippen molar-refractivity contribution >= 4 is 39.6 Å². The Hall–Kier alpha value is -2.27. The molecule has 0 bridgehead atoms. The summed E-state index contributed by atoms with van der Waals surface area (Å²) < 4.78 is 0.898. The average Bonchev–Trinajstić information content (AvgIpc) is 2.45. The molecule has 2 rings (SSSR count). The first-order valence-electron chi connectivity index (χ1n) is 5.87. The number of rotatable bonds is 4. The van der Waals surface area contributed by atoms with E-state index in [0.29, 0.717) is 5.56 Å². The number of nitro groups is 1. The van der Waals surface area contributed by atoms with Gasteiger partial charge in [0.1, 0.15) is 0 Å². The highest BCUT2D eigenvalue weighted by atomic mass is 79.9. The molecule has 0 saturated carbocycles. The van der Waals surface area contributed by atoms with Gasteiger partial charge in [-0.25, -0.2) is 0 Å². The molecule has 0 aliphatic heterocycles. The first-order valence-corrected chi connectivity index (χ1v) is 6.66. The Labute approximate surface area is 124 Å². The van der Waals surface area contributed by atoms with Gasteiger partial charge in [-0.1, -0.05) is 24.3 Å². The van der Waals surface area contributed by atoms with Crippen molar-refractivity contribution in [1.82, 2.24) is 0 Å². The van der Waals surface area contributed by atoms with E-state index in [9.17, 15) is 10.1 Å². The lowest BCUT2D eigenvalue weighted by atomic mass is 10.1. The van der Waals surface area contributed by atoms with Crippen LogP contribution in [0.3, 0.4) is 0 Å². The van der Waals surface area contributed by atoms with Gasteiger partial charge in [0, 0.05) is 16.8 Å². The van der Waals surface area contributed by atoms with Crippen LogP contribution in [0.4, 0.5) is 11.4 Å². The quantitative estimate of drug-likeness (QED) is 0.460. The van der Waals surface area contributed by atoms with E-state index in [1.807, 2.05) is 24.3 Å². The molecule has 0 heterocycles. The number of hydrogen-bond donors (Lipinski definition) is 0. The maximum Gasteiger partial charge on any atom is 0.276 e. The van der Waals surface area contributed by atoms with Gasteiger partial charge in [0.2, 0.25) is 0 Å². The predicted molar refractivity (Wildman–Crippen MR) is 84.4 cm³/mol. The van der Waals surface area contributed by atoms with Crippen LogP contribution >= 0.6 is 15.9 Å². The summed E-state index contributed by atoms with van der Waals surface area (Å²) >= 11 is 3.40. The van der Waals surface area contributed by atoms with Crippen molar-refractivity contribution < 1.29 is 4.92 Å². The van der Waals surface area contributed by atoms with E-state index in [0.717, 1.165) is 10.2 Å². The van der Waals surface area contributed by atoms with Gasteiger partial charge in [0.15, 0.2) is 0 Å². The van der Waals surface area contributed by atoms with Crippen molar-refractivity contribution in [1.29, 1.82) is 0 Å². The second-order valence-corrected chi connectivity index (χ2v) is 4.76. The molecule has 0 unspecified atom stereocenters. The maximum absolute atomic E-state index is 10.9. The molecule has 0 saturated heterocycles. The Bertz CT molecular complexity index is 681. The van der Waals surface area contributed by atoms with E-state index in [2.05, 4.69) is 20.9 Å². The lowest BCUT2D eigenvalue weighted by Gasteiger charge is -1.96. The van der Waals surface area contributed by atoms with Crippen molar-refractivity contribution in [3.8, 4) is 0 Å². The van der Waals surface area contributed by atoms with Crippen LogP contribution in [-0.4, -0.2) is 11.1 Å². The Balaban J connectivity index is 2.15. The van der Waals surface area contributed by atoms with Crippen LogP contribution in [0.15, 0.2) is 64.1 Å². The molecule has 4 nitrogen and oxygen atoms in total. The molecule has 0 fully saturated rings. The number of nitrogens with zero attached hydrogens (tertiary/aromatic N) is 2.